The maximum absolute atomic E-state index is 12.9. The number of piperazine rings is 1. The van der Waals surface area contributed by atoms with Crippen molar-refractivity contribution in [3.63, 3.8) is 0 Å². The molecule has 116 valence electrons. The Morgan fingerprint density at radius 3 is 2.00 bits per heavy atom. The number of hydrogen-bond donors (Lipinski definition) is 1. The van der Waals surface area contributed by atoms with Gasteiger partial charge in [-0.3, -0.25) is 9.69 Å². The largest absolute Gasteiger partial charge is 0.314 e. The molecule has 1 fully saturated rings. The van der Waals surface area contributed by atoms with Gasteiger partial charge in [-0.25, -0.2) is 0 Å². The summed E-state index contributed by atoms with van der Waals surface area (Å²) < 4.78 is 0. The highest BCUT2D eigenvalue weighted by Gasteiger charge is 2.35. The molecule has 1 N–H and O–H groups in total. The molecule has 3 nitrogen and oxygen atoms in total. The summed E-state index contributed by atoms with van der Waals surface area (Å²) in [5.41, 5.74) is 1.76. The fraction of sp³-hybridized carbons (Fsp3) is 0.611. The summed E-state index contributed by atoms with van der Waals surface area (Å²) >= 11 is 0. The molecule has 1 aliphatic rings. The van der Waals surface area contributed by atoms with E-state index in [-0.39, 0.29) is 11.2 Å². The molecule has 3 heteroatoms. The van der Waals surface area contributed by atoms with Gasteiger partial charge in [0, 0.05) is 31.7 Å². The van der Waals surface area contributed by atoms with Crippen molar-refractivity contribution in [3.05, 3.63) is 35.4 Å². The van der Waals surface area contributed by atoms with E-state index in [9.17, 15) is 4.79 Å². The van der Waals surface area contributed by atoms with Crippen LogP contribution in [0.15, 0.2) is 24.3 Å². The Morgan fingerprint density at radius 1 is 1.00 bits per heavy atom. The van der Waals surface area contributed by atoms with E-state index in [0.29, 0.717) is 0 Å². The van der Waals surface area contributed by atoms with Gasteiger partial charge in [-0.15, -0.1) is 0 Å². The van der Waals surface area contributed by atoms with Crippen LogP contribution in [0.3, 0.4) is 0 Å². The molecule has 0 bridgehead atoms. The monoisotopic (exact) mass is 288 g/mol. The lowest BCUT2D eigenvalue weighted by Crippen LogP contribution is -2.57. The van der Waals surface area contributed by atoms with Crippen LogP contribution in [-0.2, 0) is 5.41 Å². The van der Waals surface area contributed by atoms with Crippen molar-refractivity contribution < 1.29 is 4.79 Å². The average molecular weight is 288 g/mol. The van der Waals surface area contributed by atoms with E-state index in [1.165, 1.54) is 5.56 Å². The van der Waals surface area contributed by atoms with Gasteiger partial charge in [0.15, 0.2) is 5.78 Å². The fourth-order valence-electron chi connectivity index (χ4n) is 2.84. The predicted octanol–water partition coefficient (Wildman–Crippen LogP) is 2.85. The zero-order valence-corrected chi connectivity index (χ0v) is 14.0. The van der Waals surface area contributed by atoms with Crippen molar-refractivity contribution in [1.82, 2.24) is 10.2 Å². The molecule has 1 aromatic carbocycles. The minimum Gasteiger partial charge on any atom is -0.314 e. The van der Waals surface area contributed by atoms with Crippen LogP contribution < -0.4 is 5.32 Å². The molecule has 0 aliphatic carbocycles. The van der Waals surface area contributed by atoms with Crippen molar-refractivity contribution in [2.24, 2.45) is 0 Å². The summed E-state index contributed by atoms with van der Waals surface area (Å²) in [6.45, 7) is 14.4. The Labute approximate surface area is 128 Å². The van der Waals surface area contributed by atoms with Crippen LogP contribution >= 0.6 is 0 Å². The highest BCUT2D eigenvalue weighted by atomic mass is 16.1. The van der Waals surface area contributed by atoms with Gasteiger partial charge in [-0.1, -0.05) is 45.0 Å². The second-order valence-electron chi connectivity index (χ2n) is 7.45. The molecule has 1 saturated heterocycles. The third-order valence-electron chi connectivity index (χ3n) is 4.48. The number of nitrogens with one attached hydrogen (secondary N) is 1. The normalized spacial score (nSPS) is 17.8. The summed E-state index contributed by atoms with van der Waals surface area (Å²) in [6.07, 6.45) is 0. The standard InChI is InChI=1S/C18H28N2O/c1-17(2,3)15-8-6-14(7-9-15)16(21)18(4,5)20-12-10-19-11-13-20/h6-9,19H,10-13H2,1-5H3. The third kappa shape index (κ3) is 3.53. The van der Waals surface area contributed by atoms with Crippen molar-refractivity contribution in [3.8, 4) is 0 Å². The Hall–Kier alpha value is -1.19. The second kappa shape index (κ2) is 5.90. The van der Waals surface area contributed by atoms with Gasteiger partial charge in [0.25, 0.3) is 0 Å². The summed E-state index contributed by atoms with van der Waals surface area (Å²) in [5, 5.41) is 3.34. The molecule has 0 unspecified atom stereocenters. The van der Waals surface area contributed by atoms with Crippen LogP contribution in [0.25, 0.3) is 0 Å². The van der Waals surface area contributed by atoms with E-state index in [1.807, 2.05) is 26.0 Å². The molecule has 21 heavy (non-hydrogen) atoms. The lowest BCUT2D eigenvalue weighted by Gasteiger charge is -2.40. The van der Waals surface area contributed by atoms with E-state index in [4.69, 9.17) is 0 Å². The number of nitrogens with zero attached hydrogens (tertiary/aromatic N) is 1. The number of hydrogen-bond acceptors (Lipinski definition) is 3. The molecular formula is C18H28N2O. The molecule has 0 spiro atoms. The smallest absolute Gasteiger partial charge is 0.182 e. The first-order valence-corrected chi connectivity index (χ1v) is 7.84. The van der Waals surface area contributed by atoms with E-state index in [2.05, 4.69) is 43.1 Å². The lowest BCUT2D eigenvalue weighted by atomic mass is 9.85. The van der Waals surface area contributed by atoms with E-state index in [0.717, 1.165) is 31.7 Å². The van der Waals surface area contributed by atoms with E-state index in [1.54, 1.807) is 0 Å². The third-order valence-corrected chi connectivity index (χ3v) is 4.48. The molecule has 0 aromatic heterocycles. The summed E-state index contributed by atoms with van der Waals surface area (Å²) in [4.78, 5) is 15.1. The number of carbonyl (C=O) groups excluding carboxylic acids is 1. The molecule has 1 aliphatic heterocycles. The zero-order chi connectivity index (χ0) is 15.7. The SMILES string of the molecule is CC(C)(C)c1ccc(C(=O)C(C)(C)N2CCNCC2)cc1. The predicted molar refractivity (Wildman–Crippen MR) is 88.0 cm³/mol. The number of carbonyl (C=O) groups is 1. The van der Waals surface area contributed by atoms with Gasteiger partial charge in [-0.2, -0.15) is 0 Å². The highest BCUT2D eigenvalue weighted by Crippen LogP contribution is 2.25. The van der Waals surface area contributed by atoms with Crippen LogP contribution in [0.1, 0.15) is 50.5 Å². The van der Waals surface area contributed by atoms with Gasteiger partial charge in [0.2, 0.25) is 0 Å². The Kier molecular flexibility index (Phi) is 4.54. The van der Waals surface area contributed by atoms with Crippen LogP contribution in [0.5, 0.6) is 0 Å². The number of benzene rings is 1. The van der Waals surface area contributed by atoms with Gasteiger partial charge in [0.05, 0.1) is 5.54 Å². The topological polar surface area (TPSA) is 32.3 Å². The van der Waals surface area contributed by atoms with Gasteiger partial charge in [0.1, 0.15) is 0 Å². The van der Waals surface area contributed by atoms with Gasteiger partial charge in [-0.05, 0) is 24.8 Å². The van der Waals surface area contributed by atoms with Crippen LogP contribution in [0.4, 0.5) is 0 Å². The zero-order valence-electron chi connectivity index (χ0n) is 14.0. The van der Waals surface area contributed by atoms with Gasteiger partial charge >= 0.3 is 0 Å². The molecule has 0 saturated carbocycles. The Morgan fingerprint density at radius 2 is 1.52 bits per heavy atom. The minimum atomic E-state index is -0.439. The minimum absolute atomic E-state index is 0.121. The highest BCUT2D eigenvalue weighted by molar-refractivity contribution is 6.02. The molecule has 0 atom stereocenters. The summed E-state index contributed by atoms with van der Waals surface area (Å²) in [6, 6.07) is 8.13. The maximum Gasteiger partial charge on any atom is 0.182 e. The molecule has 1 heterocycles. The first kappa shape index (κ1) is 16.2. The molecule has 0 radical (unpaired) electrons. The molecular weight excluding hydrogens is 260 g/mol. The molecule has 2 rings (SSSR count). The van der Waals surface area contributed by atoms with Crippen molar-refractivity contribution in [1.29, 1.82) is 0 Å². The van der Waals surface area contributed by atoms with Crippen LogP contribution in [-0.4, -0.2) is 42.4 Å². The van der Waals surface area contributed by atoms with Crippen molar-refractivity contribution in [2.45, 2.75) is 45.6 Å². The second-order valence-corrected chi connectivity index (χ2v) is 7.45. The molecule has 0 amide bonds. The Bertz CT molecular complexity index is 491. The maximum atomic E-state index is 12.9. The summed E-state index contributed by atoms with van der Waals surface area (Å²) in [7, 11) is 0. The first-order chi connectivity index (χ1) is 9.73. The average Bonchev–Trinajstić information content (AvgIpc) is 2.46. The van der Waals surface area contributed by atoms with E-state index < -0.39 is 5.54 Å². The number of Topliss-reactive ketones (excluding diaryl/α,β-unsaturated/α-hetero) is 1. The number of ketones is 1. The Balaban J connectivity index is 2.18. The summed E-state index contributed by atoms with van der Waals surface area (Å²) in [5.74, 6) is 0.213. The number of rotatable bonds is 3. The van der Waals surface area contributed by atoms with Crippen LogP contribution in [0.2, 0.25) is 0 Å². The molecule has 1 aromatic rings. The fourth-order valence-corrected chi connectivity index (χ4v) is 2.84. The first-order valence-electron chi connectivity index (χ1n) is 7.84. The van der Waals surface area contributed by atoms with E-state index >= 15 is 0 Å². The quantitative estimate of drug-likeness (QED) is 0.868. The van der Waals surface area contributed by atoms with Crippen LogP contribution in [0, 0.1) is 0 Å². The lowest BCUT2D eigenvalue weighted by molar-refractivity contribution is 0.0602. The van der Waals surface area contributed by atoms with Gasteiger partial charge < -0.3 is 5.32 Å². The van der Waals surface area contributed by atoms with Crippen molar-refractivity contribution in [2.75, 3.05) is 26.2 Å². The van der Waals surface area contributed by atoms with Crippen molar-refractivity contribution >= 4 is 5.78 Å².